The molecule has 84 valence electrons. The molecule has 14 heavy (non-hydrogen) atoms. The molecule has 2 heteroatoms. The maximum absolute atomic E-state index is 2.50. The first-order valence-electron chi connectivity index (χ1n) is 5.81. The maximum atomic E-state index is 2.50. The van der Waals surface area contributed by atoms with Crippen molar-refractivity contribution in [3.8, 4) is 0 Å². The standard InChI is InChI=1S/C12H27NSi/c1-6-8-11-14(4,5)12-9-10-13(3)7-2/h6,8H,7,9-12H2,1-5H3. The van der Waals surface area contributed by atoms with Gasteiger partial charge in [-0.2, -0.15) is 0 Å². The molecule has 0 unspecified atom stereocenters. The summed E-state index contributed by atoms with van der Waals surface area (Å²) in [7, 11) is 1.29. The molecule has 1 nitrogen and oxygen atoms in total. The summed E-state index contributed by atoms with van der Waals surface area (Å²) < 4.78 is 0. The molecule has 0 rings (SSSR count). The lowest BCUT2D eigenvalue weighted by Crippen LogP contribution is -2.27. The van der Waals surface area contributed by atoms with Crippen LogP contribution < -0.4 is 0 Å². The Morgan fingerprint density at radius 3 is 2.43 bits per heavy atom. The van der Waals surface area contributed by atoms with Crippen LogP contribution in [0.5, 0.6) is 0 Å². The van der Waals surface area contributed by atoms with Gasteiger partial charge in [-0.3, -0.25) is 0 Å². The average molecular weight is 213 g/mol. The van der Waals surface area contributed by atoms with Gasteiger partial charge in [0.2, 0.25) is 0 Å². The van der Waals surface area contributed by atoms with Gasteiger partial charge in [0, 0.05) is 0 Å². The van der Waals surface area contributed by atoms with E-state index >= 15 is 0 Å². The smallest absolute Gasteiger partial charge is 0.0511 e. The van der Waals surface area contributed by atoms with Crippen LogP contribution in [0.25, 0.3) is 0 Å². The van der Waals surface area contributed by atoms with Crippen molar-refractivity contribution in [2.45, 2.75) is 45.5 Å². The summed E-state index contributed by atoms with van der Waals surface area (Å²) in [5, 5.41) is 0. The topological polar surface area (TPSA) is 3.24 Å². The van der Waals surface area contributed by atoms with Crippen molar-refractivity contribution in [3.63, 3.8) is 0 Å². The van der Waals surface area contributed by atoms with Crippen LogP contribution >= 0.6 is 0 Å². The normalized spacial score (nSPS) is 13.0. The van der Waals surface area contributed by atoms with Crippen LogP contribution in [0.3, 0.4) is 0 Å². The number of nitrogens with zero attached hydrogens (tertiary/aromatic N) is 1. The molecule has 0 amide bonds. The highest BCUT2D eigenvalue weighted by molar-refractivity contribution is 6.77. The van der Waals surface area contributed by atoms with Gasteiger partial charge in [-0.05, 0) is 39.5 Å². The predicted octanol–water partition coefficient (Wildman–Crippen LogP) is 3.61. The van der Waals surface area contributed by atoms with E-state index in [0.29, 0.717) is 0 Å². The molecular formula is C12H27NSi. The van der Waals surface area contributed by atoms with Crippen LogP contribution in [0, 0.1) is 0 Å². The number of allylic oxidation sites excluding steroid dienone is 2. The Labute approximate surface area is 91.2 Å². The van der Waals surface area contributed by atoms with Crippen LogP contribution in [0.1, 0.15) is 20.3 Å². The van der Waals surface area contributed by atoms with Crippen molar-refractivity contribution >= 4 is 8.07 Å². The fourth-order valence-electron chi connectivity index (χ4n) is 1.52. The van der Waals surface area contributed by atoms with E-state index in [1.807, 2.05) is 0 Å². The Bertz CT molecular complexity index is 164. The van der Waals surface area contributed by atoms with Gasteiger partial charge in [0.05, 0.1) is 8.07 Å². The van der Waals surface area contributed by atoms with Crippen molar-refractivity contribution in [1.82, 2.24) is 4.90 Å². The Morgan fingerprint density at radius 1 is 1.29 bits per heavy atom. The Morgan fingerprint density at radius 2 is 1.93 bits per heavy atom. The lowest BCUT2D eigenvalue weighted by molar-refractivity contribution is 0.353. The van der Waals surface area contributed by atoms with Gasteiger partial charge in [0.25, 0.3) is 0 Å². The number of hydrogen-bond acceptors (Lipinski definition) is 1. The van der Waals surface area contributed by atoms with E-state index in [1.54, 1.807) is 0 Å². The van der Waals surface area contributed by atoms with Crippen molar-refractivity contribution in [2.75, 3.05) is 20.1 Å². The molecular weight excluding hydrogens is 186 g/mol. The SMILES string of the molecule is CC=CC[Si](C)(C)CCCN(C)CC. The summed E-state index contributed by atoms with van der Waals surface area (Å²) in [5.41, 5.74) is 0. The third kappa shape index (κ3) is 7.33. The second-order valence-corrected chi connectivity index (χ2v) is 10.2. The minimum Gasteiger partial charge on any atom is -0.307 e. The summed E-state index contributed by atoms with van der Waals surface area (Å²) in [6.07, 6.45) is 5.91. The minimum atomic E-state index is -0.917. The van der Waals surface area contributed by atoms with E-state index in [4.69, 9.17) is 0 Å². The van der Waals surface area contributed by atoms with E-state index in [1.165, 1.54) is 31.6 Å². The van der Waals surface area contributed by atoms with Gasteiger partial charge in [-0.25, -0.2) is 0 Å². The van der Waals surface area contributed by atoms with Crippen molar-refractivity contribution in [3.05, 3.63) is 12.2 Å². The van der Waals surface area contributed by atoms with E-state index in [9.17, 15) is 0 Å². The van der Waals surface area contributed by atoms with E-state index in [2.05, 4.69) is 51.0 Å². The highest BCUT2D eigenvalue weighted by Crippen LogP contribution is 2.18. The second kappa shape index (κ2) is 7.24. The molecule has 0 aromatic heterocycles. The van der Waals surface area contributed by atoms with Crippen molar-refractivity contribution < 1.29 is 0 Å². The van der Waals surface area contributed by atoms with Gasteiger partial charge >= 0.3 is 0 Å². The molecule has 0 aliphatic carbocycles. The molecule has 0 spiro atoms. The molecule has 0 aromatic rings. The van der Waals surface area contributed by atoms with Crippen molar-refractivity contribution in [1.29, 1.82) is 0 Å². The molecule has 0 N–H and O–H groups in total. The largest absolute Gasteiger partial charge is 0.307 e. The molecule has 0 saturated heterocycles. The van der Waals surface area contributed by atoms with Crippen LogP contribution in [-0.4, -0.2) is 33.1 Å². The van der Waals surface area contributed by atoms with Gasteiger partial charge in [-0.1, -0.05) is 38.2 Å². The summed E-state index contributed by atoms with van der Waals surface area (Å²) in [4.78, 5) is 2.40. The lowest BCUT2D eigenvalue weighted by atomic mass is 10.4. The third-order valence-corrected chi connectivity index (χ3v) is 5.89. The van der Waals surface area contributed by atoms with E-state index in [0.717, 1.165) is 0 Å². The zero-order valence-corrected chi connectivity index (χ0v) is 11.6. The summed E-state index contributed by atoms with van der Waals surface area (Å²) >= 11 is 0. The third-order valence-electron chi connectivity index (χ3n) is 2.84. The molecule has 0 bridgehead atoms. The predicted molar refractivity (Wildman–Crippen MR) is 69.7 cm³/mol. The molecule has 0 fully saturated rings. The Hall–Kier alpha value is -0.0831. The Balaban J connectivity index is 3.64. The molecule has 0 saturated carbocycles. The molecule has 0 aliphatic rings. The van der Waals surface area contributed by atoms with Crippen LogP contribution in [0.15, 0.2) is 12.2 Å². The first-order chi connectivity index (χ1) is 6.52. The minimum absolute atomic E-state index is 0.917. The van der Waals surface area contributed by atoms with Gasteiger partial charge in [0.1, 0.15) is 0 Å². The summed E-state index contributed by atoms with van der Waals surface area (Å²) in [5.74, 6) is 0. The molecule has 0 aliphatic heterocycles. The van der Waals surface area contributed by atoms with E-state index in [-0.39, 0.29) is 0 Å². The quantitative estimate of drug-likeness (QED) is 0.461. The fraction of sp³-hybridized carbons (Fsp3) is 0.833. The van der Waals surface area contributed by atoms with Gasteiger partial charge in [0.15, 0.2) is 0 Å². The zero-order valence-electron chi connectivity index (χ0n) is 10.6. The van der Waals surface area contributed by atoms with Crippen LogP contribution in [-0.2, 0) is 0 Å². The first kappa shape index (κ1) is 13.9. The van der Waals surface area contributed by atoms with Crippen molar-refractivity contribution in [2.24, 2.45) is 0 Å². The van der Waals surface area contributed by atoms with Crippen LogP contribution in [0.2, 0.25) is 25.2 Å². The lowest BCUT2D eigenvalue weighted by Gasteiger charge is -2.22. The zero-order chi connectivity index (χ0) is 11.0. The molecule has 0 heterocycles. The highest BCUT2D eigenvalue weighted by Gasteiger charge is 2.17. The van der Waals surface area contributed by atoms with Crippen LogP contribution in [0.4, 0.5) is 0 Å². The number of rotatable bonds is 7. The van der Waals surface area contributed by atoms with E-state index < -0.39 is 8.07 Å². The summed E-state index contributed by atoms with van der Waals surface area (Å²) in [6.45, 7) is 11.8. The molecule has 0 aromatic carbocycles. The Kier molecular flexibility index (Phi) is 7.20. The fourth-order valence-corrected chi connectivity index (χ4v) is 3.72. The molecule has 0 radical (unpaired) electrons. The molecule has 0 atom stereocenters. The van der Waals surface area contributed by atoms with Gasteiger partial charge in [-0.15, -0.1) is 0 Å². The maximum Gasteiger partial charge on any atom is 0.0511 e. The highest BCUT2D eigenvalue weighted by atomic mass is 28.3. The monoisotopic (exact) mass is 213 g/mol. The number of hydrogen-bond donors (Lipinski definition) is 0. The van der Waals surface area contributed by atoms with Gasteiger partial charge < -0.3 is 4.90 Å². The summed E-state index contributed by atoms with van der Waals surface area (Å²) in [6, 6.07) is 2.81. The average Bonchev–Trinajstić information content (AvgIpc) is 2.14. The second-order valence-electron chi connectivity index (χ2n) is 4.94. The first-order valence-corrected chi connectivity index (χ1v) is 9.23.